The molecule has 0 bridgehead atoms. The van der Waals surface area contributed by atoms with E-state index in [4.69, 9.17) is 10.3 Å². The molecule has 0 aliphatic carbocycles. The van der Waals surface area contributed by atoms with E-state index in [1.54, 1.807) is 0 Å². The van der Waals surface area contributed by atoms with Gasteiger partial charge in [-0.15, -0.1) is 12.4 Å². The van der Waals surface area contributed by atoms with Crippen LogP contribution in [0.25, 0.3) is 0 Å². The Hall–Kier alpha value is -1.39. The van der Waals surface area contributed by atoms with Gasteiger partial charge < -0.3 is 10.3 Å². The van der Waals surface area contributed by atoms with Gasteiger partial charge in [-0.2, -0.15) is 4.98 Å². The summed E-state index contributed by atoms with van der Waals surface area (Å²) >= 11 is 0. The third-order valence-electron chi connectivity index (χ3n) is 2.35. The van der Waals surface area contributed by atoms with E-state index in [0.29, 0.717) is 5.89 Å². The molecule has 1 atom stereocenters. The Balaban J connectivity index is 0.00000144. The zero-order chi connectivity index (χ0) is 11.4. The van der Waals surface area contributed by atoms with E-state index in [2.05, 4.69) is 22.3 Å². The fourth-order valence-corrected chi connectivity index (χ4v) is 1.45. The maximum atomic E-state index is 5.64. The molecule has 0 fully saturated rings. The number of benzene rings is 1. The van der Waals surface area contributed by atoms with E-state index in [-0.39, 0.29) is 18.4 Å². The summed E-state index contributed by atoms with van der Waals surface area (Å²) in [5, 5.41) is 3.89. The van der Waals surface area contributed by atoms with Crippen LogP contribution >= 0.6 is 12.4 Å². The van der Waals surface area contributed by atoms with E-state index < -0.39 is 0 Å². The van der Waals surface area contributed by atoms with Crippen LogP contribution in [0.15, 0.2) is 34.9 Å². The standard InChI is InChI=1S/C12H15N3O.ClH/c1-9(13)12-14-11(15-16-12)8-7-10-5-3-2-4-6-10;/h2-6,9H,7-8,13H2,1H3;1H. The van der Waals surface area contributed by atoms with Gasteiger partial charge in [-0.25, -0.2) is 0 Å². The highest BCUT2D eigenvalue weighted by Gasteiger charge is 2.09. The fraction of sp³-hybridized carbons (Fsp3) is 0.333. The molecular formula is C12H16ClN3O. The molecule has 17 heavy (non-hydrogen) atoms. The lowest BCUT2D eigenvalue weighted by molar-refractivity contribution is 0.357. The van der Waals surface area contributed by atoms with Crippen molar-refractivity contribution in [3.8, 4) is 0 Å². The quantitative estimate of drug-likeness (QED) is 0.908. The minimum absolute atomic E-state index is 0. The number of hydrogen-bond acceptors (Lipinski definition) is 4. The predicted molar refractivity (Wildman–Crippen MR) is 68.0 cm³/mol. The first-order valence-electron chi connectivity index (χ1n) is 5.37. The van der Waals surface area contributed by atoms with Crippen LogP contribution in [-0.2, 0) is 12.8 Å². The van der Waals surface area contributed by atoms with Crippen LogP contribution in [0, 0.1) is 0 Å². The molecule has 0 radical (unpaired) electrons. The lowest BCUT2D eigenvalue weighted by atomic mass is 10.1. The number of rotatable bonds is 4. The number of nitrogens with two attached hydrogens (primary N) is 1. The second-order valence-electron chi connectivity index (χ2n) is 3.82. The highest BCUT2D eigenvalue weighted by atomic mass is 35.5. The van der Waals surface area contributed by atoms with Crippen LogP contribution in [0.4, 0.5) is 0 Å². The minimum Gasteiger partial charge on any atom is -0.338 e. The third-order valence-corrected chi connectivity index (χ3v) is 2.35. The predicted octanol–water partition coefficient (Wildman–Crippen LogP) is 2.30. The highest BCUT2D eigenvalue weighted by Crippen LogP contribution is 2.08. The molecule has 1 heterocycles. The van der Waals surface area contributed by atoms with Crippen LogP contribution in [0.5, 0.6) is 0 Å². The van der Waals surface area contributed by atoms with Crippen LogP contribution in [-0.4, -0.2) is 10.1 Å². The number of nitrogens with zero attached hydrogens (tertiary/aromatic N) is 2. The van der Waals surface area contributed by atoms with Gasteiger partial charge in [-0.1, -0.05) is 35.5 Å². The molecule has 2 aromatic rings. The first kappa shape index (κ1) is 13.7. The van der Waals surface area contributed by atoms with Crippen molar-refractivity contribution in [3.63, 3.8) is 0 Å². The summed E-state index contributed by atoms with van der Waals surface area (Å²) in [6.45, 7) is 1.83. The average Bonchev–Trinajstić information content (AvgIpc) is 2.76. The average molecular weight is 254 g/mol. The van der Waals surface area contributed by atoms with Crippen LogP contribution in [0.2, 0.25) is 0 Å². The van der Waals surface area contributed by atoms with Crippen LogP contribution in [0.1, 0.15) is 30.2 Å². The molecule has 4 nitrogen and oxygen atoms in total. The van der Waals surface area contributed by atoms with Crippen molar-refractivity contribution in [2.24, 2.45) is 5.73 Å². The van der Waals surface area contributed by atoms with Crippen molar-refractivity contribution in [1.29, 1.82) is 0 Å². The molecular weight excluding hydrogens is 238 g/mol. The van der Waals surface area contributed by atoms with Gasteiger partial charge in [0.25, 0.3) is 0 Å². The van der Waals surface area contributed by atoms with Gasteiger partial charge in [0.1, 0.15) is 0 Å². The minimum atomic E-state index is -0.196. The van der Waals surface area contributed by atoms with Gasteiger partial charge in [0, 0.05) is 6.42 Å². The van der Waals surface area contributed by atoms with Crippen molar-refractivity contribution in [2.75, 3.05) is 0 Å². The number of aromatic nitrogens is 2. The maximum absolute atomic E-state index is 5.64. The largest absolute Gasteiger partial charge is 0.338 e. The summed E-state index contributed by atoms with van der Waals surface area (Å²) in [7, 11) is 0. The van der Waals surface area contributed by atoms with E-state index in [0.717, 1.165) is 18.7 Å². The summed E-state index contributed by atoms with van der Waals surface area (Å²) in [5.74, 6) is 1.22. The second-order valence-corrected chi connectivity index (χ2v) is 3.82. The Morgan fingerprint density at radius 1 is 1.24 bits per heavy atom. The van der Waals surface area contributed by atoms with Gasteiger partial charge in [-0.05, 0) is 18.9 Å². The first-order valence-corrected chi connectivity index (χ1v) is 5.37. The van der Waals surface area contributed by atoms with Gasteiger partial charge >= 0.3 is 0 Å². The van der Waals surface area contributed by atoms with Crippen LogP contribution < -0.4 is 5.73 Å². The fourth-order valence-electron chi connectivity index (χ4n) is 1.45. The topological polar surface area (TPSA) is 64.9 Å². The van der Waals surface area contributed by atoms with Gasteiger partial charge in [0.2, 0.25) is 5.89 Å². The number of aryl methyl sites for hydroxylation is 2. The molecule has 1 aromatic heterocycles. The Morgan fingerprint density at radius 2 is 1.94 bits per heavy atom. The SMILES string of the molecule is CC(N)c1nc(CCc2ccccc2)no1.Cl. The molecule has 0 spiro atoms. The molecule has 2 rings (SSSR count). The zero-order valence-electron chi connectivity index (χ0n) is 9.67. The molecule has 92 valence electrons. The molecule has 0 aliphatic heterocycles. The molecule has 0 amide bonds. The van der Waals surface area contributed by atoms with E-state index in [9.17, 15) is 0 Å². The lowest BCUT2D eigenvalue weighted by Crippen LogP contribution is -2.05. The summed E-state index contributed by atoms with van der Waals surface area (Å²) in [6.07, 6.45) is 1.69. The van der Waals surface area contributed by atoms with E-state index in [1.807, 2.05) is 25.1 Å². The van der Waals surface area contributed by atoms with Gasteiger partial charge in [0.15, 0.2) is 5.82 Å². The molecule has 0 saturated carbocycles. The van der Waals surface area contributed by atoms with E-state index >= 15 is 0 Å². The highest BCUT2D eigenvalue weighted by molar-refractivity contribution is 5.85. The number of halogens is 1. The van der Waals surface area contributed by atoms with Crippen molar-refractivity contribution in [2.45, 2.75) is 25.8 Å². The Bertz CT molecular complexity index is 442. The smallest absolute Gasteiger partial charge is 0.243 e. The van der Waals surface area contributed by atoms with Crippen molar-refractivity contribution in [3.05, 3.63) is 47.6 Å². The normalized spacial score (nSPS) is 11.9. The monoisotopic (exact) mass is 253 g/mol. The molecule has 0 aliphatic rings. The van der Waals surface area contributed by atoms with Crippen molar-refractivity contribution < 1.29 is 4.52 Å². The van der Waals surface area contributed by atoms with Gasteiger partial charge in [0.05, 0.1) is 6.04 Å². The van der Waals surface area contributed by atoms with E-state index in [1.165, 1.54) is 5.56 Å². The Labute approximate surface area is 107 Å². The lowest BCUT2D eigenvalue weighted by Gasteiger charge is -1.96. The molecule has 5 heteroatoms. The zero-order valence-corrected chi connectivity index (χ0v) is 10.5. The second kappa shape index (κ2) is 6.37. The molecule has 1 aromatic carbocycles. The van der Waals surface area contributed by atoms with Gasteiger partial charge in [-0.3, -0.25) is 0 Å². The summed E-state index contributed by atoms with van der Waals surface area (Å²) < 4.78 is 5.03. The third kappa shape index (κ3) is 3.84. The van der Waals surface area contributed by atoms with Crippen molar-refractivity contribution in [1.82, 2.24) is 10.1 Å². The summed E-state index contributed by atoms with van der Waals surface area (Å²) in [4.78, 5) is 4.22. The Kier molecular flexibility index (Phi) is 5.12. The summed E-state index contributed by atoms with van der Waals surface area (Å²) in [6, 6.07) is 10.0. The Morgan fingerprint density at radius 3 is 2.53 bits per heavy atom. The maximum Gasteiger partial charge on any atom is 0.243 e. The molecule has 1 unspecified atom stereocenters. The van der Waals surface area contributed by atoms with Crippen LogP contribution in [0.3, 0.4) is 0 Å². The molecule has 2 N–H and O–H groups in total. The molecule has 0 saturated heterocycles. The first-order chi connectivity index (χ1) is 7.75. The van der Waals surface area contributed by atoms with Crippen molar-refractivity contribution >= 4 is 12.4 Å². The number of hydrogen-bond donors (Lipinski definition) is 1. The summed E-state index contributed by atoms with van der Waals surface area (Å²) in [5.41, 5.74) is 6.91.